The van der Waals surface area contributed by atoms with Gasteiger partial charge < -0.3 is 19.6 Å². The lowest BCUT2D eigenvalue weighted by Gasteiger charge is -2.13. The molecule has 0 saturated heterocycles. The van der Waals surface area contributed by atoms with Gasteiger partial charge in [0.1, 0.15) is 11.8 Å². The molecule has 2 N–H and O–H groups in total. The van der Waals surface area contributed by atoms with E-state index in [2.05, 4.69) is 25.3 Å². The summed E-state index contributed by atoms with van der Waals surface area (Å²) in [6, 6.07) is 10.7. The smallest absolute Gasteiger partial charge is 0.338 e. The Bertz CT molecular complexity index is 1120. The molecule has 0 saturated carbocycles. The fraction of sp³-hybridized carbons (Fsp3) is 0.105. The number of H-pyrrole nitrogens is 1. The lowest BCUT2D eigenvalue weighted by Crippen LogP contribution is -2.30. The molecular formula is C19H16N6O3. The second-order valence-corrected chi connectivity index (χ2v) is 6.00. The Morgan fingerprint density at radius 1 is 1.11 bits per heavy atom. The van der Waals surface area contributed by atoms with Crippen molar-refractivity contribution >= 4 is 28.9 Å². The molecule has 0 radical (unpaired) electrons. The first-order valence-electron chi connectivity index (χ1n) is 8.51. The maximum Gasteiger partial charge on any atom is 0.338 e. The summed E-state index contributed by atoms with van der Waals surface area (Å²) in [4.78, 5) is 39.5. The van der Waals surface area contributed by atoms with Crippen molar-refractivity contribution in [3.63, 3.8) is 0 Å². The molecule has 4 aromatic rings. The zero-order valence-corrected chi connectivity index (χ0v) is 14.9. The second-order valence-electron chi connectivity index (χ2n) is 6.00. The van der Waals surface area contributed by atoms with Crippen LogP contribution in [0.3, 0.4) is 0 Å². The van der Waals surface area contributed by atoms with Crippen molar-refractivity contribution in [1.82, 2.24) is 24.5 Å². The number of imidazole rings is 1. The SMILES string of the molecule is C[C@H](OC(=O)c1ccc(-n2cccc2)cc1)C(=O)Nc1ncnc2nc[nH]c12. The molecular weight excluding hydrogens is 360 g/mol. The Morgan fingerprint density at radius 3 is 2.61 bits per heavy atom. The number of fused-ring (bicyclic) bond motifs is 1. The van der Waals surface area contributed by atoms with Crippen molar-refractivity contribution in [3.8, 4) is 5.69 Å². The maximum absolute atomic E-state index is 12.4. The number of carbonyl (C=O) groups excluding carboxylic acids is 2. The summed E-state index contributed by atoms with van der Waals surface area (Å²) in [5.41, 5.74) is 2.20. The molecule has 3 heterocycles. The van der Waals surface area contributed by atoms with Crippen molar-refractivity contribution in [2.45, 2.75) is 13.0 Å². The number of nitrogens with one attached hydrogen (secondary N) is 2. The summed E-state index contributed by atoms with van der Waals surface area (Å²) in [6.45, 7) is 1.49. The van der Waals surface area contributed by atoms with Crippen LogP contribution in [0.25, 0.3) is 16.9 Å². The number of anilines is 1. The number of carbonyl (C=O) groups is 2. The van der Waals surface area contributed by atoms with E-state index < -0.39 is 18.0 Å². The van der Waals surface area contributed by atoms with Crippen LogP contribution >= 0.6 is 0 Å². The van der Waals surface area contributed by atoms with Gasteiger partial charge in [-0.05, 0) is 43.3 Å². The number of amides is 1. The third-order valence-electron chi connectivity index (χ3n) is 4.12. The topological polar surface area (TPSA) is 115 Å². The van der Waals surface area contributed by atoms with Crippen LogP contribution in [0.5, 0.6) is 0 Å². The lowest BCUT2D eigenvalue weighted by atomic mass is 10.2. The van der Waals surface area contributed by atoms with E-state index in [0.717, 1.165) is 5.69 Å². The van der Waals surface area contributed by atoms with Gasteiger partial charge in [0.05, 0.1) is 11.9 Å². The summed E-state index contributed by atoms with van der Waals surface area (Å²) < 4.78 is 7.19. The van der Waals surface area contributed by atoms with Crippen molar-refractivity contribution in [3.05, 3.63) is 67.0 Å². The first-order valence-corrected chi connectivity index (χ1v) is 8.51. The number of rotatable bonds is 5. The molecule has 1 atom stereocenters. The Kier molecular flexibility index (Phi) is 4.55. The zero-order chi connectivity index (χ0) is 19.5. The van der Waals surface area contributed by atoms with Crippen LogP contribution in [0.2, 0.25) is 0 Å². The van der Waals surface area contributed by atoms with Crippen LogP contribution in [0.4, 0.5) is 5.82 Å². The Balaban J connectivity index is 1.41. The first kappa shape index (κ1) is 17.4. The van der Waals surface area contributed by atoms with Gasteiger partial charge in [0.25, 0.3) is 5.91 Å². The highest BCUT2D eigenvalue weighted by molar-refractivity contribution is 6.00. The summed E-state index contributed by atoms with van der Waals surface area (Å²) in [7, 11) is 0. The fourth-order valence-electron chi connectivity index (χ4n) is 2.64. The largest absolute Gasteiger partial charge is 0.449 e. The Hall–Kier alpha value is -4.01. The molecule has 0 unspecified atom stereocenters. The predicted octanol–water partition coefficient (Wildman–Crippen LogP) is 2.33. The average molecular weight is 376 g/mol. The molecule has 0 aliphatic rings. The van der Waals surface area contributed by atoms with Gasteiger partial charge >= 0.3 is 5.97 Å². The standard InChI is InChI=1S/C19H16N6O3/c1-12(18(26)24-17-15-16(21-10-20-15)22-11-23-17)28-19(27)13-4-6-14(7-5-13)25-8-2-3-9-25/h2-12H,1H3,(H2,20,21,22,23,24,26)/t12-/m0/s1. The molecule has 0 bridgehead atoms. The van der Waals surface area contributed by atoms with Crippen LogP contribution in [0.15, 0.2) is 61.4 Å². The highest BCUT2D eigenvalue weighted by Crippen LogP contribution is 2.16. The molecule has 9 heteroatoms. The number of aromatic nitrogens is 5. The van der Waals surface area contributed by atoms with Gasteiger partial charge in [-0.3, -0.25) is 4.79 Å². The van der Waals surface area contributed by atoms with Gasteiger partial charge in [0.2, 0.25) is 0 Å². The molecule has 1 aromatic carbocycles. The van der Waals surface area contributed by atoms with E-state index in [0.29, 0.717) is 16.7 Å². The van der Waals surface area contributed by atoms with Gasteiger partial charge in [-0.1, -0.05) is 0 Å². The summed E-state index contributed by atoms with van der Waals surface area (Å²) in [5.74, 6) is -0.825. The maximum atomic E-state index is 12.4. The molecule has 4 rings (SSSR count). The van der Waals surface area contributed by atoms with Crippen LogP contribution in [0, 0.1) is 0 Å². The van der Waals surface area contributed by atoms with Crippen molar-refractivity contribution < 1.29 is 14.3 Å². The lowest BCUT2D eigenvalue weighted by molar-refractivity contribution is -0.123. The highest BCUT2D eigenvalue weighted by Gasteiger charge is 2.20. The molecule has 1 amide bonds. The van der Waals surface area contributed by atoms with Gasteiger partial charge in [-0.2, -0.15) is 0 Å². The van der Waals surface area contributed by atoms with E-state index in [1.54, 1.807) is 24.3 Å². The van der Waals surface area contributed by atoms with Gasteiger partial charge in [0.15, 0.2) is 17.6 Å². The van der Waals surface area contributed by atoms with Crippen LogP contribution in [-0.4, -0.2) is 42.5 Å². The molecule has 140 valence electrons. The Morgan fingerprint density at radius 2 is 1.86 bits per heavy atom. The van der Waals surface area contributed by atoms with Crippen molar-refractivity contribution in [2.24, 2.45) is 0 Å². The van der Waals surface area contributed by atoms with E-state index in [1.165, 1.54) is 19.6 Å². The molecule has 0 aliphatic heterocycles. The van der Waals surface area contributed by atoms with Crippen molar-refractivity contribution in [1.29, 1.82) is 0 Å². The van der Waals surface area contributed by atoms with Crippen LogP contribution in [-0.2, 0) is 9.53 Å². The van der Waals surface area contributed by atoms with E-state index in [9.17, 15) is 9.59 Å². The molecule has 0 fully saturated rings. The number of nitrogens with zero attached hydrogens (tertiary/aromatic N) is 4. The summed E-state index contributed by atoms with van der Waals surface area (Å²) in [5, 5.41) is 2.61. The van der Waals surface area contributed by atoms with Gasteiger partial charge in [0, 0.05) is 18.1 Å². The quantitative estimate of drug-likeness (QED) is 0.517. The molecule has 0 spiro atoms. The predicted molar refractivity (Wildman–Crippen MR) is 101 cm³/mol. The minimum Gasteiger partial charge on any atom is -0.449 e. The number of benzene rings is 1. The minimum absolute atomic E-state index is 0.270. The number of ether oxygens (including phenoxy) is 1. The van der Waals surface area contributed by atoms with Crippen LogP contribution < -0.4 is 5.32 Å². The number of esters is 1. The van der Waals surface area contributed by atoms with E-state index >= 15 is 0 Å². The number of aromatic amines is 1. The van der Waals surface area contributed by atoms with Gasteiger partial charge in [-0.25, -0.2) is 19.7 Å². The van der Waals surface area contributed by atoms with Gasteiger partial charge in [-0.15, -0.1) is 0 Å². The third kappa shape index (κ3) is 3.45. The molecule has 9 nitrogen and oxygen atoms in total. The fourth-order valence-corrected chi connectivity index (χ4v) is 2.64. The zero-order valence-electron chi connectivity index (χ0n) is 14.9. The van der Waals surface area contributed by atoms with Crippen molar-refractivity contribution in [2.75, 3.05) is 5.32 Å². The summed E-state index contributed by atoms with van der Waals surface area (Å²) >= 11 is 0. The first-order chi connectivity index (χ1) is 13.6. The van der Waals surface area contributed by atoms with E-state index in [1.807, 2.05) is 29.1 Å². The molecule has 3 aromatic heterocycles. The molecule has 0 aliphatic carbocycles. The van der Waals surface area contributed by atoms with Crippen LogP contribution in [0.1, 0.15) is 17.3 Å². The Labute approximate surface area is 159 Å². The average Bonchev–Trinajstić information content (AvgIpc) is 3.40. The van der Waals surface area contributed by atoms with E-state index in [-0.39, 0.29) is 5.82 Å². The normalized spacial score (nSPS) is 11.9. The number of hydrogen-bond acceptors (Lipinski definition) is 6. The summed E-state index contributed by atoms with van der Waals surface area (Å²) in [6.07, 6.45) is 5.55. The van der Waals surface area contributed by atoms with E-state index in [4.69, 9.17) is 4.74 Å². The third-order valence-corrected chi connectivity index (χ3v) is 4.12. The highest BCUT2D eigenvalue weighted by atomic mass is 16.5. The second kappa shape index (κ2) is 7.31. The molecule has 28 heavy (non-hydrogen) atoms. The number of hydrogen-bond donors (Lipinski definition) is 2. The monoisotopic (exact) mass is 376 g/mol. The minimum atomic E-state index is -1.01.